The second kappa shape index (κ2) is 9.25. The molecule has 29 heavy (non-hydrogen) atoms. The summed E-state index contributed by atoms with van der Waals surface area (Å²) in [6.45, 7) is 2.98. The number of rotatable bonds is 8. The van der Waals surface area contributed by atoms with Gasteiger partial charge in [-0.25, -0.2) is 4.68 Å². The quantitative estimate of drug-likeness (QED) is 0.613. The van der Waals surface area contributed by atoms with Gasteiger partial charge in [0.15, 0.2) is 0 Å². The van der Waals surface area contributed by atoms with Crippen LogP contribution in [-0.4, -0.2) is 43.0 Å². The van der Waals surface area contributed by atoms with Crippen molar-refractivity contribution in [2.45, 2.75) is 6.92 Å². The number of hydrogen-bond donors (Lipinski definition) is 2. The van der Waals surface area contributed by atoms with Gasteiger partial charge in [-0.3, -0.25) is 4.79 Å². The Morgan fingerprint density at radius 3 is 2.59 bits per heavy atom. The molecule has 0 spiro atoms. The zero-order chi connectivity index (χ0) is 20.8. The van der Waals surface area contributed by atoms with E-state index in [4.69, 9.17) is 20.3 Å². The topological polar surface area (TPSA) is 91.4 Å². The highest BCUT2D eigenvalue weighted by molar-refractivity contribution is 6.00. The van der Waals surface area contributed by atoms with E-state index < -0.39 is 0 Å². The molecule has 7 nitrogen and oxygen atoms in total. The lowest BCUT2D eigenvalue weighted by Crippen LogP contribution is -2.31. The highest BCUT2D eigenvalue weighted by Gasteiger charge is 2.22. The molecule has 0 saturated carbocycles. The number of aromatic nitrogens is 2. The summed E-state index contributed by atoms with van der Waals surface area (Å²) in [5.41, 5.74) is 8.23. The molecule has 152 valence electrons. The van der Waals surface area contributed by atoms with Crippen LogP contribution < -0.4 is 20.5 Å². The molecule has 2 aromatic carbocycles. The van der Waals surface area contributed by atoms with Crippen molar-refractivity contribution in [1.29, 1.82) is 0 Å². The fraction of sp³-hybridized carbons (Fsp3) is 0.273. The van der Waals surface area contributed by atoms with E-state index in [0.29, 0.717) is 41.4 Å². The van der Waals surface area contributed by atoms with E-state index in [1.165, 1.54) is 0 Å². The predicted octanol–water partition coefficient (Wildman–Crippen LogP) is 2.88. The van der Waals surface area contributed by atoms with Crippen LogP contribution >= 0.6 is 0 Å². The molecule has 1 atom stereocenters. The minimum Gasteiger partial charge on any atom is -0.497 e. The average Bonchev–Trinajstić information content (AvgIpc) is 3.22. The smallest absolute Gasteiger partial charge is 0.255 e. The first kappa shape index (κ1) is 20.4. The number of methoxy groups -OCH3 is 2. The van der Waals surface area contributed by atoms with Crippen molar-refractivity contribution >= 4 is 5.91 Å². The Morgan fingerprint density at radius 1 is 1.17 bits per heavy atom. The number of amides is 1. The normalized spacial score (nSPS) is 11.7. The van der Waals surface area contributed by atoms with Gasteiger partial charge in [0.25, 0.3) is 5.91 Å². The van der Waals surface area contributed by atoms with Crippen molar-refractivity contribution in [3.05, 3.63) is 60.3 Å². The Labute approximate surface area is 170 Å². The first-order valence-corrected chi connectivity index (χ1v) is 9.43. The Balaban J connectivity index is 2.07. The van der Waals surface area contributed by atoms with Gasteiger partial charge >= 0.3 is 0 Å². The van der Waals surface area contributed by atoms with Gasteiger partial charge < -0.3 is 20.5 Å². The molecule has 0 saturated heterocycles. The number of hydrogen-bond acceptors (Lipinski definition) is 5. The molecule has 0 aliphatic heterocycles. The number of ether oxygens (including phenoxy) is 2. The second-order valence-electron chi connectivity index (χ2n) is 6.79. The summed E-state index contributed by atoms with van der Waals surface area (Å²) >= 11 is 0. The molecule has 1 unspecified atom stereocenters. The number of nitrogens with zero attached hydrogens (tertiary/aromatic N) is 2. The van der Waals surface area contributed by atoms with Crippen LogP contribution in [0.3, 0.4) is 0 Å². The van der Waals surface area contributed by atoms with Gasteiger partial charge in [-0.05, 0) is 36.7 Å². The third-order valence-electron chi connectivity index (χ3n) is 4.66. The van der Waals surface area contributed by atoms with Crippen LogP contribution in [0, 0.1) is 5.92 Å². The molecular formula is C22H26N4O3. The largest absolute Gasteiger partial charge is 0.497 e. The predicted molar refractivity (Wildman–Crippen MR) is 113 cm³/mol. The van der Waals surface area contributed by atoms with Gasteiger partial charge in [0.1, 0.15) is 17.2 Å². The van der Waals surface area contributed by atoms with Crippen LogP contribution in [0.15, 0.2) is 54.7 Å². The molecule has 3 N–H and O–H groups in total. The lowest BCUT2D eigenvalue weighted by molar-refractivity contribution is 0.0949. The minimum atomic E-state index is -0.208. The van der Waals surface area contributed by atoms with Crippen molar-refractivity contribution < 1.29 is 14.3 Å². The average molecular weight is 394 g/mol. The molecule has 0 aliphatic carbocycles. The van der Waals surface area contributed by atoms with Crippen molar-refractivity contribution in [2.75, 3.05) is 27.3 Å². The molecule has 1 aromatic heterocycles. The summed E-state index contributed by atoms with van der Waals surface area (Å²) in [7, 11) is 3.17. The molecule has 7 heteroatoms. The molecule has 1 amide bonds. The van der Waals surface area contributed by atoms with Crippen LogP contribution in [0.2, 0.25) is 0 Å². The Hall–Kier alpha value is -3.32. The fourth-order valence-corrected chi connectivity index (χ4v) is 2.89. The first-order chi connectivity index (χ1) is 14.1. The number of carbonyl (C=O) groups excluding carboxylic acids is 1. The third-order valence-corrected chi connectivity index (χ3v) is 4.66. The minimum absolute atomic E-state index is 0.182. The zero-order valence-electron chi connectivity index (χ0n) is 16.9. The molecule has 0 bridgehead atoms. The van der Waals surface area contributed by atoms with Crippen molar-refractivity contribution in [1.82, 2.24) is 15.1 Å². The standard InChI is InChI=1S/C22H26N4O3/c1-15(12-23)13-24-22(27)19-14-26(16-7-5-4-6-8-16)25-21(19)18-10-9-17(28-2)11-20(18)29-3/h4-11,14-15H,12-13,23H2,1-3H3,(H,24,27). The summed E-state index contributed by atoms with van der Waals surface area (Å²) in [5, 5.41) is 7.64. The lowest BCUT2D eigenvalue weighted by atomic mass is 10.1. The first-order valence-electron chi connectivity index (χ1n) is 9.43. The van der Waals surface area contributed by atoms with Crippen molar-refractivity contribution in [3.63, 3.8) is 0 Å². The van der Waals surface area contributed by atoms with Gasteiger partial charge in [0.2, 0.25) is 0 Å². The molecule has 1 heterocycles. The maximum Gasteiger partial charge on any atom is 0.255 e. The van der Waals surface area contributed by atoms with Crippen molar-refractivity contribution in [3.8, 4) is 28.4 Å². The van der Waals surface area contributed by atoms with E-state index in [1.807, 2.05) is 49.4 Å². The molecule has 0 aliphatic rings. The van der Waals surface area contributed by atoms with Crippen LogP contribution in [0.4, 0.5) is 0 Å². The SMILES string of the molecule is COc1ccc(-c2nn(-c3ccccc3)cc2C(=O)NCC(C)CN)c(OC)c1. The van der Waals surface area contributed by atoms with E-state index in [2.05, 4.69) is 5.32 Å². The molecule has 3 rings (SSSR count). The molecule has 3 aromatic rings. The van der Waals surface area contributed by atoms with Crippen LogP contribution in [0.5, 0.6) is 11.5 Å². The van der Waals surface area contributed by atoms with Gasteiger partial charge in [-0.2, -0.15) is 5.10 Å². The Bertz CT molecular complexity index is 969. The second-order valence-corrected chi connectivity index (χ2v) is 6.79. The Kier molecular flexibility index (Phi) is 6.51. The maximum absolute atomic E-state index is 13.0. The van der Waals surface area contributed by atoms with E-state index in [1.54, 1.807) is 31.2 Å². The monoisotopic (exact) mass is 394 g/mol. The van der Waals surface area contributed by atoms with E-state index in [9.17, 15) is 4.79 Å². The number of nitrogens with two attached hydrogens (primary N) is 1. The number of nitrogens with one attached hydrogen (secondary N) is 1. The third kappa shape index (κ3) is 4.57. The van der Waals surface area contributed by atoms with Gasteiger partial charge in [0.05, 0.1) is 25.5 Å². The van der Waals surface area contributed by atoms with Gasteiger partial charge in [0, 0.05) is 24.4 Å². The molecule has 0 radical (unpaired) electrons. The van der Waals surface area contributed by atoms with Crippen LogP contribution in [0.1, 0.15) is 17.3 Å². The van der Waals surface area contributed by atoms with Gasteiger partial charge in [-0.15, -0.1) is 0 Å². The highest BCUT2D eigenvalue weighted by Crippen LogP contribution is 2.34. The van der Waals surface area contributed by atoms with Crippen LogP contribution in [-0.2, 0) is 0 Å². The van der Waals surface area contributed by atoms with E-state index in [-0.39, 0.29) is 11.8 Å². The van der Waals surface area contributed by atoms with Crippen molar-refractivity contribution in [2.24, 2.45) is 11.7 Å². The summed E-state index contributed by atoms with van der Waals surface area (Å²) in [5.74, 6) is 1.21. The summed E-state index contributed by atoms with van der Waals surface area (Å²) in [4.78, 5) is 13.0. The molecule has 0 fully saturated rings. The fourth-order valence-electron chi connectivity index (χ4n) is 2.89. The van der Waals surface area contributed by atoms with E-state index >= 15 is 0 Å². The lowest BCUT2D eigenvalue weighted by Gasteiger charge is -2.12. The summed E-state index contributed by atoms with van der Waals surface area (Å²) in [6.07, 6.45) is 1.73. The Morgan fingerprint density at radius 2 is 1.93 bits per heavy atom. The highest BCUT2D eigenvalue weighted by atomic mass is 16.5. The van der Waals surface area contributed by atoms with Gasteiger partial charge in [-0.1, -0.05) is 25.1 Å². The van der Waals surface area contributed by atoms with Crippen LogP contribution in [0.25, 0.3) is 16.9 Å². The molecular weight excluding hydrogens is 368 g/mol. The summed E-state index contributed by atoms with van der Waals surface area (Å²) in [6, 6.07) is 15.1. The summed E-state index contributed by atoms with van der Waals surface area (Å²) < 4.78 is 12.5. The number of carbonyl (C=O) groups is 1. The maximum atomic E-state index is 13.0. The number of para-hydroxylation sites is 1. The number of benzene rings is 2. The zero-order valence-corrected chi connectivity index (χ0v) is 16.9. The van der Waals surface area contributed by atoms with E-state index in [0.717, 1.165) is 5.69 Å².